The van der Waals surface area contributed by atoms with E-state index in [1.54, 1.807) is 0 Å². The number of rotatable bonds is 0. The molecule has 0 spiro atoms. The molecule has 0 saturated heterocycles. The molecule has 0 bridgehead atoms. The number of hydrogen-bond donors (Lipinski definition) is 0. The van der Waals surface area contributed by atoms with Crippen molar-refractivity contribution in [2.75, 3.05) is 0 Å². The van der Waals surface area contributed by atoms with Gasteiger partial charge in [0.05, 0.1) is 0 Å². The van der Waals surface area contributed by atoms with Gasteiger partial charge in [0.15, 0.2) is 5.82 Å². The van der Waals surface area contributed by atoms with Gasteiger partial charge in [-0.2, -0.15) is 4.68 Å². The summed E-state index contributed by atoms with van der Waals surface area (Å²) in [5.74, 6) is 0.514. The Labute approximate surface area is 89.9 Å². The van der Waals surface area contributed by atoms with Crippen LogP contribution in [0.1, 0.15) is 52.2 Å². The minimum Gasteiger partial charge on any atom is -0.272 e. The lowest BCUT2D eigenvalue weighted by Crippen LogP contribution is -2.32. The first kappa shape index (κ1) is 11.8. The molecule has 84 valence electrons. The average molecular weight is 210 g/mol. The summed E-state index contributed by atoms with van der Waals surface area (Å²) in [5.41, 5.74) is -0.709. The third kappa shape index (κ3) is 2.40. The maximum absolute atomic E-state index is 12.0. The van der Waals surface area contributed by atoms with Crippen LogP contribution in [0.25, 0.3) is 0 Å². The summed E-state index contributed by atoms with van der Waals surface area (Å²) in [6.45, 7) is 11.5. The van der Waals surface area contributed by atoms with Crippen LogP contribution in [0, 0.1) is 5.41 Å². The van der Waals surface area contributed by atoms with E-state index in [9.17, 15) is 4.79 Å². The number of carbonyl (C=O) groups is 1. The van der Waals surface area contributed by atoms with Gasteiger partial charge in [-0.3, -0.25) is 4.79 Å². The molecule has 0 saturated carbocycles. The van der Waals surface area contributed by atoms with Crippen molar-refractivity contribution < 1.29 is 4.79 Å². The zero-order chi connectivity index (χ0) is 11.9. The van der Waals surface area contributed by atoms with Gasteiger partial charge in [0.2, 0.25) is 0 Å². The summed E-state index contributed by atoms with van der Waals surface area (Å²) in [5, 5.41) is 11.2. The lowest BCUT2D eigenvalue weighted by atomic mass is 9.93. The molecule has 5 heteroatoms. The molecule has 0 aromatic carbocycles. The predicted octanol–water partition coefficient (Wildman–Crippen LogP) is 1.66. The number of tetrazole rings is 1. The second-order valence-corrected chi connectivity index (χ2v) is 5.72. The summed E-state index contributed by atoms with van der Waals surface area (Å²) in [4.78, 5) is 12.0. The Kier molecular flexibility index (Phi) is 2.67. The highest BCUT2D eigenvalue weighted by Gasteiger charge is 2.31. The number of carbonyl (C=O) groups excluding carboxylic acids is 1. The Morgan fingerprint density at radius 2 is 1.67 bits per heavy atom. The monoisotopic (exact) mass is 210 g/mol. The lowest BCUT2D eigenvalue weighted by Gasteiger charge is -2.21. The van der Waals surface area contributed by atoms with E-state index in [2.05, 4.69) is 15.5 Å². The molecule has 0 aliphatic carbocycles. The molecular weight excluding hydrogens is 192 g/mol. The zero-order valence-electron chi connectivity index (χ0n) is 10.2. The van der Waals surface area contributed by atoms with Gasteiger partial charge >= 0.3 is 0 Å². The van der Waals surface area contributed by atoms with Gasteiger partial charge in [-0.05, 0) is 10.4 Å². The molecule has 0 N–H and O–H groups in total. The van der Waals surface area contributed by atoms with Crippen molar-refractivity contribution in [2.24, 2.45) is 5.41 Å². The van der Waals surface area contributed by atoms with Crippen molar-refractivity contribution in [3.63, 3.8) is 0 Å². The number of aromatic nitrogens is 4. The second-order valence-electron chi connectivity index (χ2n) is 5.72. The van der Waals surface area contributed by atoms with Crippen LogP contribution < -0.4 is 0 Å². The molecule has 1 aromatic heterocycles. The van der Waals surface area contributed by atoms with Crippen molar-refractivity contribution in [2.45, 2.75) is 47.0 Å². The second kappa shape index (κ2) is 3.40. The maximum atomic E-state index is 12.0. The molecule has 0 aliphatic heterocycles. The molecule has 0 amide bonds. The normalized spacial score (nSPS) is 12.9. The van der Waals surface area contributed by atoms with E-state index in [4.69, 9.17) is 0 Å². The molecule has 1 aromatic rings. The van der Waals surface area contributed by atoms with E-state index in [1.807, 2.05) is 41.5 Å². The fraction of sp³-hybridized carbons (Fsp3) is 0.800. The fourth-order valence-electron chi connectivity index (χ4n) is 1.11. The highest BCUT2D eigenvalue weighted by Crippen LogP contribution is 2.22. The highest BCUT2D eigenvalue weighted by atomic mass is 16.2. The van der Waals surface area contributed by atoms with Gasteiger partial charge in [-0.1, -0.05) is 41.5 Å². The van der Waals surface area contributed by atoms with E-state index in [0.29, 0.717) is 5.82 Å². The average Bonchev–Trinajstić information content (AvgIpc) is 2.47. The van der Waals surface area contributed by atoms with E-state index in [1.165, 1.54) is 4.68 Å². The van der Waals surface area contributed by atoms with Crippen molar-refractivity contribution in [1.82, 2.24) is 20.2 Å². The Morgan fingerprint density at radius 1 is 1.13 bits per heavy atom. The van der Waals surface area contributed by atoms with E-state index in [0.717, 1.165) is 0 Å². The standard InChI is InChI=1S/C10H18N4O/c1-9(2,3)7-11-12-13-14(7)8(15)10(4,5)6/h1-6H3. The van der Waals surface area contributed by atoms with Crippen LogP contribution in [0.15, 0.2) is 0 Å². The fourth-order valence-corrected chi connectivity index (χ4v) is 1.11. The predicted molar refractivity (Wildman–Crippen MR) is 56.6 cm³/mol. The minimum atomic E-state index is -0.477. The summed E-state index contributed by atoms with van der Waals surface area (Å²) in [7, 11) is 0. The Bertz CT molecular complexity index is 368. The maximum Gasteiger partial charge on any atom is 0.255 e. The first-order chi connectivity index (χ1) is 6.64. The first-order valence-electron chi connectivity index (χ1n) is 4.97. The molecule has 15 heavy (non-hydrogen) atoms. The Hall–Kier alpha value is -1.26. The third-order valence-corrected chi connectivity index (χ3v) is 1.97. The summed E-state index contributed by atoms with van der Waals surface area (Å²) in [6.07, 6.45) is 0. The van der Waals surface area contributed by atoms with Gasteiger partial charge < -0.3 is 0 Å². The molecule has 0 radical (unpaired) electrons. The number of hydrogen-bond acceptors (Lipinski definition) is 4. The van der Waals surface area contributed by atoms with Crippen molar-refractivity contribution >= 4 is 5.91 Å². The molecule has 0 aliphatic rings. The zero-order valence-corrected chi connectivity index (χ0v) is 10.2. The summed E-state index contributed by atoms with van der Waals surface area (Å²) < 4.78 is 1.31. The summed E-state index contributed by atoms with van der Waals surface area (Å²) in [6, 6.07) is 0. The van der Waals surface area contributed by atoms with Crippen LogP contribution in [0.5, 0.6) is 0 Å². The molecule has 0 atom stereocenters. The van der Waals surface area contributed by atoms with Crippen molar-refractivity contribution in [3.05, 3.63) is 5.82 Å². The SMILES string of the molecule is CC(C)(C)C(=O)n1nnnc1C(C)(C)C. The Balaban J connectivity index is 3.18. The lowest BCUT2D eigenvalue weighted by molar-refractivity contribution is 0.0737. The quantitative estimate of drug-likeness (QED) is 0.611. The van der Waals surface area contributed by atoms with Gasteiger partial charge in [0.1, 0.15) is 0 Å². The smallest absolute Gasteiger partial charge is 0.255 e. The molecule has 1 heterocycles. The van der Waals surface area contributed by atoms with Crippen LogP contribution >= 0.6 is 0 Å². The van der Waals surface area contributed by atoms with Crippen LogP contribution in [-0.2, 0) is 5.41 Å². The van der Waals surface area contributed by atoms with Crippen LogP contribution in [-0.4, -0.2) is 26.1 Å². The molecule has 0 unspecified atom stereocenters. The third-order valence-electron chi connectivity index (χ3n) is 1.97. The largest absolute Gasteiger partial charge is 0.272 e. The van der Waals surface area contributed by atoms with E-state index < -0.39 is 5.41 Å². The molecule has 5 nitrogen and oxygen atoms in total. The minimum absolute atomic E-state index is 0.0857. The van der Waals surface area contributed by atoms with Crippen LogP contribution in [0.3, 0.4) is 0 Å². The van der Waals surface area contributed by atoms with Crippen LogP contribution in [0.4, 0.5) is 0 Å². The van der Waals surface area contributed by atoms with Crippen LogP contribution in [0.2, 0.25) is 0 Å². The Morgan fingerprint density at radius 3 is 2.07 bits per heavy atom. The van der Waals surface area contributed by atoms with Gasteiger partial charge in [0, 0.05) is 10.8 Å². The molecule has 1 rings (SSSR count). The van der Waals surface area contributed by atoms with Crippen molar-refractivity contribution in [1.29, 1.82) is 0 Å². The van der Waals surface area contributed by atoms with Gasteiger partial charge in [0.25, 0.3) is 5.91 Å². The van der Waals surface area contributed by atoms with Crippen molar-refractivity contribution in [3.8, 4) is 0 Å². The van der Waals surface area contributed by atoms with E-state index in [-0.39, 0.29) is 11.3 Å². The highest BCUT2D eigenvalue weighted by molar-refractivity contribution is 5.83. The van der Waals surface area contributed by atoms with Gasteiger partial charge in [-0.25, -0.2) is 0 Å². The number of nitrogens with zero attached hydrogens (tertiary/aromatic N) is 4. The van der Waals surface area contributed by atoms with E-state index >= 15 is 0 Å². The first-order valence-corrected chi connectivity index (χ1v) is 4.97. The topological polar surface area (TPSA) is 60.7 Å². The molecule has 0 fully saturated rings. The summed E-state index contributed by atoms with van der Waals surface area (Å²) >= 11 is 0. The van der Waals surface area contributed by atoms with Gasteiger partial charge in [-0.15, -0.1) is 5.10 Å². The molecular formula is C10H18N4O.